The molecule has 3 rings (SSSR count). The second kappa shape index (κ2) is 6.67. The molecule has 0 amide bonds. The van der Waals surface area contributed by atoms with Crippen molar-refractivity contribution in [3.63, 3.8) is 0 Å². The number of fused-ring (bicyclic) bond motifs is 1. The minimum absolute atomic E-state index is 0.0802. The van der Waals surface area contributed by atoms with Crippen LogP contribution in [0.2, 0.25) is 5.02 Å². The normalized spacial score (nSPS) is 11.7. The van der Waals surface area contributed by atoms with Crippen molar-refractivity contribution >= 4 is 50.1 Å². The molecule has 0 atom stereocenters. The second-order valence-corrected chi connectivity index (χ2v) is 6.63. The van der Waals surface area contributed by atoms with Gasteiger partial charge in [0.1, 0.15) is 0 Å². The van der Waals surface area contributed by atoms with Gasteiger partial charge in [0.05, 0.1) is 11.4 Å². The smallest absolute Gasteiger partial charge is 0.211 e. The molecule has 0 unspecified atom stereocenters. The van der Waals surface area contributed by atoms with Gasteiger partial charge in [0.2, 0.25) is 5.96 Å². The van der Waals surface area contributed by atoms with Crippen molar-refractivity contribution in [2.24, 2.45) is 21.7 Å². The van der Waals surface area contributed by atoms with Gasteiger partial charge in [-0.3, -0.25) is 0 Å². The number of nitrogens with one attached hydrogen (secondary N) is 1. The molecule has 0 aliphatic rings. The van der Waals surface area contributed by atoms with Gasteiger partial charge in [0.25, 0.3) is 0 Å². The number of guanidine groups is 1. The number of nitrogens with two attached hydrogens (primary N) is 2. The lowest BCUT2D eigenvalue weighted by atomic mass is 10.0. The van der Waals surface area contributed by atoms with Crippen molar-refractivity contribution in [3.8, 4) is 11.3 Å². The fourth-order valence-electron chi connectivity index (χ4n) is 2.56. The van der Waals surface area contributed by atoms with Crippen molar-refractivity contribution in [2.75, 3.05) is 0 Å². The molecular weight excluding hydrogens is 390 g/mol. The molecule has 0 saturated heterocycles. The first-order valence-corrected chi connectivity index (χ1v) is 8.33. The Labute approximate surface area is 152 Å². The third-order valence-corrected chi connectivity index (χ3v) is 4.32. The van der Waals surface area contributed by atoms with Gasteiger partial charge in [-0.15, -0.1) is 5.10 Å². The predicted molar refractivity (Wildman–Crippen MR) is 104 cm³/mol. The summed E-state index contributed by atoms with van der Waals surface area (Å²) in [5.41, 5.74) is 15.4. The Morgan fingerprint density at radius 2 is 1.79 bits per heavy atom. The second-order valence-electron chi connectivity index (χ2n) is 5.28. The van der Waals surface area contributed by atoms with Crippen molar-refractivity contribution in [2.45, 2.75) is 6.92 Å². The van der Waals surface area contributed by atoms with E-state index < -0.39 is 0 Å². The summed E-state index contributed by atoms with van der Waals surface area (Å²) in [5.74, 6) is -0.0802. The highest BCUT2D eigenvalue weighted by atomic mass is 79.9. The highest BCUT2D eigenvalue weighted by molar-refractivity contribution is 9.10. The Hall–Kier alpha value is -2.31. The minimum atomic E-state index is -0.0802. The Balaban J connectivity index is 2.28. The zero-order chi connectivity index (χ0) is 17.3. The van der Waals surface area contributed by atoms with Crippen LogP contribution in [0.4, 0.5) is 0 Å². The van der Waals surface area contributed by atoms with Gasteiger partial charge >= 0.3 is 0 Å². The molecule has 122 valence electrons. The van der Waals surface area contributed by atoms with Crippen LogP contribution in [0.5, 0.6) is 0 Å². The van der Waals surface area contributed by atoms with Crippen molar-refractivity contribution < 1.29 is 0 Å². The molecule has 3 aromatic rings. The fourth-order valence-corrected chi connectivity index (χ4v) is 3.04. The molecule has 1 heterocycles. The number of aromatic amines is 1. The summed E-state index contributed by atoms with van der Waals surface area (Å²) >= 11 is 9.51. The third-order valence-electron chi connectivity index (χ3n) is 3.57. The lowest BCUT2D eigenvalue weighted by Crippen LogP contribution is -2.22. The lowest BCUT2D eigenvalue weighted by molar-refractivity contribution is 1.20. The van der Waals surface area contributed by atoms with Crippen LogP contribution in [0.1, 0.15) is 12.5 Å². The average molecular weight is 405 g/mol. The largest absolute Gasteiger partial charge is 0.369 e. The van der Waals surface area contributed by atoms with E-state index in [9.17, 15) is 0 Å². The molecule has 0 spiro atoms. The van der Waals surface area contributed by atoms with E-state index in [0.29, 0.717) is 10.7 Å². The summed E-state index contributed by atoms with van der Waals surface area (Å²) in [4.78, 5) is 3.44. The van der Waals surface area contributed by atoms with Gasteiger partial charge in [-0.05, 0) is 42.8 Å². The van der Waals surface area contributed by atoms with Gasteiger partial charge in [-0.1, -0.05) is 39.7 Å². The van der Waals surface area contributed by atoms with Crippen LogP contribution in [0.25, 0.3) is 22.2 Å². The first-order chi connectivity index (χ1) is 11.5. The maximum Gasteiger partial charge on any atom is 0.211 e. The predicted octanol–water partition coefficient (Wildman–Crippen LogP) is 4.25. The van der Waals surface area contributed by atoms with Gasteiger partial charge in [0, 0.05) is 26.0 Å². The quantitative estimate of drug-likeness (QED) is 0.346. The van der Waals surface area contributed by atoms with Crippen LogP contribution in [-0.4, -0.2) is 16.7 Å². The Morgan fingerprint density at radius 3 is 2.46 bits per heavy atom. The summed E-state index contributed by atoms with van der Waals surface area (Å²) in [5, 5.41) is 9.63. The number of aromatic nitrogens is 1. The standard InChI is InChI=1S/C17H15BrClN5/c1-9(23-24-17(20)21)15-13-8-11(18)4-7-14(13)22-16(15)10-2-5-12(19)6-3-10/h2-8,22H,1H3,(H4,20,21,24)/b23-9-. The molecule has 24 heavy (non-hydrogen) atoms. The third kappa shape index (κ3) is 3.29. The number of nitrogens with zero attached hydrogens (tertiary/aromatic N) is 2. The maximum absolute atomic E-state index is 6.00. The van der Waals surface area contributed by atoms with Crippen molar-refractivity contribution in [1.29, 1.82) is 0 Å². The minimum Gasteiger partial charge on any atom is -0.369 e. The molecule has 0 aliphatic carbocycles. The van der Waals surface area contributed by atoms with Crippen molar-refractivity contribution in [1.82, 2.24) is 4.98 Å². The zero-order valence-electron chi connectivity index (χ0n) is 12.8. The van der Waals surface area contributed by atoms with E-state index >= 15 is 0 Å². The number of H-pyrrole nitrogens is 1. The maximum atomic E-state index is 6.00. The molecule has 5 nitrogen and oxygen atoms in total. The molecule has 0 aliphatic heterocycles. The van der Waals surface area contributed by atoms with E-state index in [1.807, 2.05) is 49.4 Å². The van der Waals surface area contributed by atoms with E-state index in [0.717, 1.165) is 32.2 Å². The Kier molecular flexibility index (Phi) is 4.59. The molecular formula is C17H15BrClN5. The molecule has 0 fully saturated rings. The van der Waals surface area contributed by atoms with E-state index in [-0.39, 0.29) is 5.96 Å². The topological polar surface area (TPSA) is 92.5 Å². The van der Waals surface area contributed by atoms with E-state index in [1.165, 1.54) is 0 Å². The van der Waals surface area contributed by atoms with E-state index in [1.54, 1.807) is 0 Å². The summed E-state index contributed by atoms with van der Waals surface area (Å²) in [6.45, 7) is 1.87. The average Bonchev–Trinajstić information content (AvgIpc) is 2.91. The number of benzene rings is 2. The number of halogens is 2. The number of hydrogen-bond acceptors (Lipinski definition) is 2. The Morgan fingerprint density at radius 1 is 1.08 bits per heavy atom. The van der Waals surface area contributed by atoms with Crippen LogP contribution in [0, 0.1) is 0 Å². The first kappa shape index (κ1) is 16.5. The summed E-state index contributed by atoms with van der Waals surface area (Å²) in [6, 6.07) is 13.6. The molecule has 0 radical (unpaired) electrons. The zero-order valence-corrected chi connectivity index (χ0v) is 15.2. The summed E-state index contributed by atoms with van der Waals surface area (Å²) in [6.07, 6.45) is 0. The van der Waals surface area contributed by atoms with E-state index in [4.69, 9.17) is 23.1 Å². The van der Waals surface area contributed by atoms with Crippen LogP contribution in [0.15, 0.2) is 57.1 Å². The summed E-state index contributed by atoms with van der Waals surface area (Å²) < 4.78 is 0.979. The molecule has 2 aromatic carbocycles. The Bertz CT molecular complexity index is 953. The van der Waals surface area contributed by atoms with Crippen LogP contribution < -0.4 is 11.5 Å². The van der Waals surface area contributed by atoms with Gasteiger partial charge < -0.3 is 16.5 Å². The highest BCUT2D eigenvalue weighted by Gasteiger charge is 2.16. The molecule has 0 bridgehead atoms. The van der Waals surface area contributed by atoms with Crippen LogP contribution >= 0.6 is 27.5 Å². The molecule has 1 aromatic heterocycles. The molecule has 0 saturated carbocycles. The monoisotopic (exact) mass is 403 g/mol. The number of rotatable bonds is 3. The first-order valence-electron chi connectivity index (χ1n) is 7.16. The van der Waals surface area contributed by atoms with Gasteiger partial charge in [0.15, 0.2) is 0 Å². The molecule has 7 heteroatoms. The lowest BCUT2D eigenvalue weighted by Gasteiger charge is -2.05. The number of hydrogen-bond donors (Lipinski definition) is 3. The van der Waals surface area contributed by atoms with Crippen LogP contribution in [-0.2, 0) is 0 Å². The van der Waals surface area contributed by atoms with Gasteiger partial charge in [-0.2, -0.15) is 5.10 Å². The van der Waals surface area contributed by atoms with Gasteiger partial charge in [-0.25, -0.2) is 0 Å². The van der Waals surface area contributed by atoms with E-state index in [2.05, 4.69) is 31.1 Å². The fraction of sp³-hybridized carbons (Fsp3) is 0.0588. The van der Waals surface area contributed by atoms with Crippen molar-refractivity contribution in [3.05, 3.63) is 57.5 Å². The summed E-state index contributed by atoms with van der Waals surface area (Å²) in [7, 11) is 0. The highest BCUT2D eigenvalue weighted by Crippen LogP contribution is 2.33. The SMILES string of the molecule is C/C(=N/N=C(N)N)c1c(-c2ccc(Cl)cc2)[nH]c2ccc(Br)cc12. The van der Waals surface area contributed by atoms with Crippen LogP contribution in [0.3, 0.4) is 0 Å². The molecule has 5 N–H and O–H groups in total.